The molecule has 4 rings (SSSR count). The summed E-state index contributed by atoms with van der Waals surface area (Å²) >= 11 is 1.84. The van der Waals surface area contributed by atoms with Gasteiger partial charge in [0.25, 0.3) is 5.56 Å². The van der Waals surface area contributed by atoms with Crippen LogP contribution in [0.25, 0.3) is 10.4 Å². The second kappa shape index (κ2) is 10.3. The summed E-state index contributed by atoms with van der Waals surface area (Å²) in [4.78, 5) is 20.4. The lowest BCUT2D eigenvalue weighted by Crippen LogP contribution is -2.43. The van der Waals surface area contributed by atoms with Gasteiger partial charge in [0.2, 0.25) is 0 Å². The molecule has 30 heavy (non-hydrogen) atoms. The van der Waals surface area contributed by atoms with Gasteiger partial charge in [0, 0.05) is 45.7 Å². The van der Waals surface area contributed by atoms with Crippen LogP contribution in [-0.4, -0.2) is 35.6 Å². The minimum Gasteiger partial charge on any atom is -0.326 e. The first kappa shape index (κ1) is 21.8. The van der Waals surface area contributed by atoms with Gasteiger partial charge in [-0.2, -0.15) is 0 Å². The first-order valence-electron chi connectivity index (χ1n) is 11.9. The van der Waals surface area contributed by atoms with Crippen molar-refractivity contribution >= 4 is 11.3 Å². The molecule has 0 bridgehead atoms. The van der Waals surface area contributed by atoms with Crippen LogP contribution in [0, 0.1) is 12.8 Å². The van der Waals surface area contributed by atoms with Crippen LogP contribution in [0.1, 0.15) is 68.0 Å². The Morgan fingerprint density at radius 2 is 1.90 bits per heavy atom. The van der Waals surface area contributed by atoms with Crippen molar-refractivity contribution in [3.63, 3.8) is 0 Å². The van der Waals surface area contributed by atoms with Crippen molar-refractivity contribution in [3.05, 3.63) is 44.7 Å². The van der Waals surface area contributed by atoms with Gasteiger partial charge in [0.15, 0.2) is 0 Å². The number of hydrogen-bond acceptors (Lipinski definition) is 4. The molecular formula is C25H37N3OS. The number of piperidine rings is 1. The molecule has 0 amide bonds. The van der Waals surface area contributed by atoms with Crippen LogP contribution in [0.5, 0.6) is 0 Å². The van der Waals surface area contributed by atoms with Gasteiger partial charge in [-0.3, -0.25) is 4.79 Å². The van der Waals surface area contributed by atoms with Crippen LogP contribution >= 0.6 is 11.3 Å². The number of nitrogens with one attached hydrogen (secondary N) is 2. The fraction of sp³-hybridized carbons (Fsp3) is 0.640. The number of hydrogen-bond donors (Lipinski definition) is 2. The fourth-order valence-electron chi connectivity index (χ4n) is 5.10. The van der Waals surface area contributed by atoms with E-state index in [0.29, 0.717) is 6.04 Å². The summed E-state index contributed by atoms with van der Waals surface area (Å²) in [6.07, 6.45) is 10.6. The summed E-state index contributed by atoms with van der Waals surface area (Å²) in [5.74, 6) is 0.956. The number of pyridine rings is 1. The van der Waals surface area contributed by atoms with Crippen LogP contribution in [-0.2, 0) is 13.0 Å². The van der Waals surface area contributed by atoms with Crippen LogP contribution in [0.4, 0.5) is 0 Å². The molecule has 1 saturated carbocycles. The average molecular weight is 428 g/mol. The van der Waals surface area contributed by atoms with Gasteiger partial charge in [-0.25, -0.2) is 0 Å². The van der Waals surface area contributed by atoms with Crippen molar-refractivity contribution < 1.29 is 0 Å². The van der Waals surface area contributed by atoms with Crippen LogP contribution in [0.2, 0.25) is 0 Å². The molecule has 0 unspecified atom stereocenters. The molecule has 0 radical (unpaired) electrons. The smallest absolute Gasteiger partial charge is 0.251 e. The highest BCUT2D eigenvalue weighted by Gasteiger charge is 2.22. The highest BCUT2D eigenvalue weighted by molar-refractivity contribution is 7.15. The van der Waals surface area contributed by atoms with Crippen LogP contribution in [0.3, 0.4) is 0 Å². The zero-order valence-electron chi connectivity index (χ0n) is 18.6. The molecule has 2 aromatic rings. The Labute approximate surface area is 185 Å². The van der Waals surface area contributed by atoms with Gasteiger partial charge in [-0.15, -0.1) is 11.3 Å². The minimum absolute atomic E-state index is 0.0482. The lowest BCUT2D eigenvalue weighted by Gasteiger charge is -2.35. The van der Waals surface area contributed by atoms with E-state index in [4.69, 9.17) is 0 Å². The van der Waals surface area contributed by atoms with E-state index in [9.17, 15) is 4.79 Å². The maximum absolute atomic E-state index is 12.0. The van der Waals surface area contributed by atoms with Crippen molar-refractivity contribution in [1.29, 1.82) is 0 Å². The molecule has 0 spiro atoms. The normalized spacial score (nSPS) is 19.4. The van der Waals surface area contributed by atoms with Crippen molar-refractivity contribution in [1.82, 2.24) is 15.2 Å². The zero-order valence-corrected chi connectivity index (χ0v) is 19.5. The third-order valence-electron chi connectivity index (χ3n) is 7.02. The Balaban J connectivity index is 1.27. The Morgan fingerprint density at radius 1 is 1.13 bits per heavy atom. The Hall–Kier alpha value is -1.43. The summed E-state index contributed by atoms with van der Waals surface area (Å²) < 4.78 is 0. The van der Waals surface area contributed by atoms with E-state index in [1.54, 1.807) is 0 Å². The number of thiophene rings is 1. The molecule has 1 aliphatic carbocycles. The summed E-state index contributed by atoms with van der Waals surface area (Å²) in [5, 5.41) is 3.80. The summed E-state index contributed by atoms with van der Waals surface area (Å²) in [6.45, 7) is 8.81. The molecule has 1 saturated heterocycles. The van der Waals surface area contributed by atoms with Gasteiger partial charge < -0.3 is 15.2 Å². The number of aromatic nitrogens is 1. The number of nitrogens with zero attached hydrogens (tertiary/aromatic N) is 1. The second-order valence-corrected chi connectivity index (χ2v) is 10.4. The van der Waals surface area contributed by atoms with E-state index in [1.165, 1.54) is 79.9 Å². The van der Waals surface area contributed by atoms with Crippen LogP contribution < -0.4 is 10.9 Å². The van der Waals surface area contributed by atoms with Gasteiger partial charge in [-0.1, -0.05) is 26.2 Å². The van der Waals surface area contributed by atoms with Crippen LogP contribution in [0.15, 0.2) is 23.0 Å². The highest BCUT2D eigenvalue weighted by Crippen LogP contribution is 2.30. The Bertz CT molecular complexity index is 873. The van der Waals surface area contributed by atoms with Gasteiger partial charge in [0.05, 0.1) is 0 Å². The number of aromatic amines is 1. The Kier molecular flexibility index (Phi) is 7.45. The SMILES string of the molecule is CCc1cc(-c2ccc(CNC3CCN(CC4CCCCC4)CC3)s2)c(C)[nH]c1=O. The molecule has 2 fully saturated rings. The molecule has 2 N–H and O–H groups in total. The third kappa shape index (κ3) is 5.43. The number of H-pyrrole nitrogens is 1. The monoisotopic (exact) mass is 427 g/mol. The highest BCUT2D eigenvalue weighted by atomic mass is 32.1. The summed E-state index contributed by atoms with van der Waals surface area (Å²) in [7, 11) is 0. The summed E-state index contributed by atoms with van der Waals surface area (Å²) in [5.41, 5.74) is 3.04. The molecule has 2 aliphatic rings. The molecule has 0 aromatic carbocycles. The average Bonchev–Trinajstić information content (AvgIpc) is 3.23. The van der Waals surface area contributed by atoms with Crippen molar-refractivity contribution in [2.45, 2.75) is 77.8 Å². The largest absolute Gasteiger partial charge is 0.326 e. The summed E-state index contributed by atoms with van der Waals surface area (Å²) in [6, 6.07) is 7.15. The first-order valence-corrected chi connectivity index (χ1v) is 12.7. The molecule has 0 atom stereocenters. The van der Waals surface area contributed by atoms with Gasteiger partial charge in [-0.05, 0) is 76.2 Å². The van der Waals surface area contributed by atoms with Gasteiger partial charge in [0.1, 0.15) is 0 Å². The molecule has 3 heterocycles. The Morgan fingerprint density at radius 3 is 2.63 bits per heavy atom. The molecule has 164 valence electrons. The molecular weight excluding hydrogens is 390 g/mol. The molecule has 5 heteroatoms. The molecule has 2 aromatic heterocycles. The van der Waals surface area contributed by atoms with Crippen molar-refractivity contribution in [3.8, 4) is 10.4 Å². The molecule has 4 nitrogen and oxygen atoms in total. The lowest BCUT2D eigenvalue weighted by atomic mass is 9.88. The van der Waals surface area contributed by atoms with E-state index < -0.39 is 0 Å². The van der Waals surface area contributed by atoms with E-state index in [1.807, 2.05) is 25.2 Å². The number of aryl methyl sites for hydroxylation is 2. The van der Waals surface area contributed by atoms with E-state index in [2.05, 4.69) is 33.4 Å². The fourth-order valence-corrected chi connectivity index (χ4v) is 6.13. The first-order chi connectivity index (χ1) is 14.6. The third-order valence-corrected chi connectivity index (χ3v) is 8.14. The minimum atomic E-state index is 0.0482. The van der Waals surface area contributed by atoms with E-state index in [-0.39, 0.29) is 5.56 Å². The van der Waals surface area contributed by atoms with Crippen molar-refractivity contribution in [2.24, 2.45) is 5.92 Å². The standard InChI is InChI=1S/C25H37N3OS/c1-3-20-15-23(18(2)27-25(20)29)24-10-9-22(30-24)16-26-21-11-13-28(14-12-21)17-19-7-5-4-6-8-19/h9-10,15,19,21,26H,3-8,11-14,16-17H2,1-2H3,(H,27,29). The predicted molar refractivity (Wildman–Crippen MR) is 127 cm³/mol. The maximum atomic E-state index is 12.0. The molecule has 1 aliphatic heterocycles. The second-order valence-electron chi connectivity index (χ2n) is 9.24. The number of likely N-dealkylation sites (tertiary alicyclic amines) is 1. The van der Waals surface area contributed by atoms with Gasteiger partial charge >= 0.3 is 0 Å². The maximum Gasteiger partial charge on any atom is 0.251 e. The van der Waals surface area contributed by atoms with E-state index >= 15 is 0 Å². The topological polar surface area (TPSA) is 48.1 Å². The van der Waals surface area contributed by atoms with Crippen molar-refractivity contribution in [2.75, 3.05) is 19.6 Å². The predicted octanol–water partition coefficient (Wildman–Crippen LogP) is 5.11. The lowest BCUT2D eigenvalue weighted by molar-refractivity contribution is 0.155. The van der Waals surface area contributed by atoms with E-state index in [0.717, 1.165) is 30.1 Å². The zero-order chi connectivity index (χ0) is 20.9. The number of rotatable bonds is 7. The quantitative estimate of drug-likeness (QED) is 0.646.